The molecule has 27 heavy (non-hydrogen) atoms. The molecule has 1 aliphatic carbocycles. The van der Waals surface area contributed by atoms with Crippen LogP contribution in [0.4, 0.5) is 17.6 Å². The monoisotopic (exact) mass is 377 g/mol. The molecule has 1 heterocycles. The van der Waals surface area contributed by atoms with E-state index in [0.717, 1.165) is 5.56 Å². The van der Waals surface area contributed by atoms with E-state index in [1.165, 1.54) is 23.1 Å². The molecule has 1 amide bonds. The van der Waals surface area contributed by atoms with Crippen LogP contribution >= 0.6 is 0 Å². The number of hydrogen-bond acceptors (Lipinski definition) is 1. The molecule has 2 nitrogen and oxygen atoms in total. The Morgan fingerprint density at radius 2 is 1.59 bits per heavy atom. The number of alkyl halides is 2. The summed E-state index contributed by atoms with van der Waals surface area (Å²) in [4.78, 5) is 14.2. The fraction of sp³-hybridized carbons (Fsp3) is 0.381. The summed E-state index contributed by atoms with van der Waals surface area (Å²) in [6.45, 7) is 0.108. The van der Waals surface area contributed by atoms with Crippen molar-refractivity contribution in [3.8, 4) is 11.1 Å². The molecular weight excluding hydrogens is 358 g/mol. The van der Waals surface area contributed by atoms with Gasteiger partial charge in [0, 0.05) is 31.8 Å². The Hall–Kier alpha value is -2.37. The third-order valence-corrected chi connectivity index (χ3v) is 5.51. The van der Waals surface area contributed by atoms with E-state index in [4.69, 9.17) is 0 Å². The Labute approximate surface area is 154 Å². The molecule has 2 aromatic carbocycles. The molecule has 2 aromatic rings. The van der Waals surface area contributed by atoms with Crippen LogP contribution in [0.1, 0.15) is 30.7 Å². The lowest BCUT2D eigenvalue weighted by Crippen LogP contribution is -2.43. The van der Waals surface area contributed by atoms with Crippen LogP contribution in [0.3, 0.4) is 0 Å². The number of carbonyl (C=O) groups is 1. The number of likely N-dealkylation sites (tertiary alicyclic amines) is 1. The largest absolute Gasteiger partial charge is 0.342 e. The molecule has 0 bridgehead atoms. The molecule has 2 atom stereocenters. The maximum atomic E-state index is 14.2. The smallest absolute Gasteiger partial charge is 0.251 e. The molecular formula is C21H19F4NO. The van der Waals surface area contributed by atoms with Gasteiger partial charge in [0.15, 0.2) is 0 Å². The summed E-state index contributed by atoms with van der Waals surface area (Å²) in [5.41, 5.74) is 1.07. The van der Waals surface area contributed by atoms with Gasteiger partial charge in [-0.1, -0.05) is 30.3 Å². The molecule has 0 aromatic heterocycles. The number of rotatable bonds is 3. The molecule has 1 aliphatic heterocycles. The van der Waals surface area contributed by atoms with Gasteiger partial charge in [0.1, 0.15) is 11.6 Å². The van der Waals surface area contributed by atoms with Crippen molar-refractivity contribution in [3.05, 3.63) is 59.7 Å². The lowest BCUT2D eigenvalue weighted by molar-refractivity contribution is -0.138. The number of halogens is 4. The number of piperidine rings is 1. The van der Waals surface area contributed by atoms with Gasteiger partial charge in [-0.3, -0.25) is 4.79 Å². The normalized spacial score (nSPS) is 23.9. The minimum Gasteiger partial charge on any atom is -0.342 e. The van der Waals surface area contributed by atoms with Crippen molar-refractivity contribution < 1.29 is 22.4 Å². The maximum absolute atomic E-state index is 14.2. The lowest BCUT2D eigenvalue weighted by Gasteiger charge is -2.32. The van der Waals surface area contributed by atoms with Crippen LogP contribution in [0.25, 0.3) is 11.1 Å². The molecule has 2 aliphatic rings. The highest BCUT2D eigenvalue weighted by atomic mass is 19.3. The van der Waals surface area contributed by atoms with Gasteiger partial charge in [0.05, 0.1) is 5.56 Å². The van der Waals surface area contributed by atoms with Crippen molar-refractivity contribution in [2.45, 2.75) is 31.1 Å². The van der Waals surface area contributed by atoms with Gasteiger partial charge in [0.2, 0.25) is 5.91 Å². The van der Waals surface area contributed by atoms with E-state index in [0.29, 0.717) is 12.0 Å². The molecule has 0 spiro atoms. The first-order valence-electron chi connectivity index (χ1n) is 9.07. The van der Waals surface area contributed by atoms with E-state index < -0.39 is 17.6 Å². The average molecular weight is 377 g/mol. The van der Waals surface area contributed by atoms with Gasteiger partial charge in [-0.25, -0.2) is 17.6 Å². The molecule has 0 radical (unpaired) electrons. The Kier molecular flexibility index (Phi) is 4.44. The zero-order valence-electron chi connectivity index (χ0n) is 14.6. The van der Waals surface area contributed by atoms with E-state index in [2.05, 4.69) is 0 Å². The quantitative estimate of drug-likeness (QED) is 0.690. The first kappa shape index (κ1) is 18.0. The minimum absolute atomic E-state index is 0.0542. The van der Waals surface area contributed by atoms with Gasteiger partial charge >= 0.3 is 0 Å². The van der Waals surface area contributed by atoms with Crippen LogP contribution in [0.2, 0.25) is 0 Å². The van der Waals surface area contributed by atoms with E-state index in [1.807, 2.05) is 0 Å². The van der Waals surface area contributed by atoms with Crippen LogP contribution in [-0.2, 0) is 4.79 Å². The maximum Gasteiger partial charge on any atom is 0.251 e. The van der Waals surface area contributed by atoms with Crippen LogP contribution in [0, 0.1) is 17.6 Å². The van der Waals surface area contributed by atoms with Gasteiger partial charge in [-0.05, 0) is 35.6 Å². The summed E-state index contributed by atoms with van der Waals surface area (Å²) >= 11 is 0. The standard InChI is InChI=1S/C21H19F4NO/c22-17-6-3-7-18(23)19(17)14-5-2-1-4-13(14)15-12-16(15)20(27)26-10-8-21(24,25)9-11-26/h1-7,15-16H,8-12H2. The van der Waals surface area contributed by atoms with Gasteiger partial charge in [-0.2, -0.15) is 0 Å². The summed E-state index contributed by atoms with van der Waals surface area (Å²) in [5, 5.41) is 0. The molecule has 142 valence electrons. The minimum atomic E-state index is -2.70. The third kappa shape index (κ3) is 3.45. The third-order valence-electron chi connectivity index (χ3n) is 5.51. The Bertz CT molecular complexity index is 852. The summed E-state index contributed by atoms with van der Waals surface area (Å²) in [5.74, 6) is -4.59. The summed E-state index contributed by atoms with van der Waals surface area (Å²) in [6, 6.07) is 10.6. The second-order valence-corrected chi connectivity index (χ2v) is 7.31. The molecule has 2 unspecified atom stereocenters. The number of carbonyl (C=O) groups excluding carboxylic acids is 1. The first-order valence-corrected chi connectivity index (χ1v) is 9.07. The number of benzene rings is 2. The van der Waals surface area contributed by atoms with Crippen molar-refractivity contribution in [1.29, 1.82) is 0 Å². The van der Waals surface area contributed by atoms with Gasteiger partial charge in [0.25, 0.3) is 5.92 Å². The molecule has 4 rings (SSSR count). The summed E-state index contributed by atoms with van der Waals surface area (Å²) < 4.78 is 55.1. The predicted octanol–water partition coefficient (Wildman–Crippen LogP) is 4.99. The van der Waals surface area contributed by atoms with Crippen LogP contribution in [0.15, 0.2) is 42.5 Å². The first-order chi connectivity index (χ1) is 12.9. The van der Waals surface area contributed by atoms with Gasteiger partial charge in [-0.15, -0.1) is 0 Å². The second-order valence-electron chi connectivity index (χ2n) is 7.31. The van der Waals surface area contributed by atoms with E-state index in [-0.39, 0.29) is 49.2 Å². The van der Waals surface area contributed by atoms with Crippen LogP contribution in [-0.4, -0.2) is 29.8 Å². The Morgan fingerprint density at radius 1 is 0.963 bits per heavy atom. The SMILES string of the molecule is O=C(C1CC1c1ccccc1-c1c(F)cccc1F)N1CCC(F)(F)CC1. The predicted molar refractivity (Wildman–Crippen MR) is 93.4 cm³/mol. The van der Waals surface area contributed by atoms with Crippen molar-refractivity contribution in [3.63, 3.8) is 0 Å². The lowest BCUT2D eigenvalue weighted by atomic mass is 9.95. The zero-order chi connectivity index (χ0) is 19.2. The number of hydrogen-bond donors (Lipinski definition) is 0. The Morgan fingerprint density at radius 3 is 2.26 bits per heavy atom. The highest BCUT2D eigenvalue weighted by molar-refractivity contribution is 5.84. The number of amides is 1. The Balaban J connectivity index is 1.56. The fourth-order valence-corrected chi connectivity index (χ4v) is 3.90. The van der Waals surface area contributed by atoms with Crippen molar-refractivity contribution in [1.82, 2.24) is 4.90 Å². The van der Waals surface area contributed by atoms with Crippen molar-refractivity contribution in [2.75, 3.05) is 13.1 Å². The van der Waals surface area contributed by atoms with E-state index in [9.17, 15) is 22.4 Å². The summed E-state index contributed by atoms with van der Waals surface area (Å²) in [6.07, 6.45) is -0.0564. The highest BCUT2D eigenvalue weighted by Crippen LogP contribution is 2.52. The van der Waals surface area contributed by atoms with E-state index >= 15 is 0 Å². The average Bonchev–Trinajstić information content (AvgIpc) is 3.42. The van der Waals surface area contributed by atoms with Gasteiger partial charge < -0.3 is 4.90 Å². The van der Waals surface area contributed by atoms with Crippen molar-refractivity contribution >= 4 is 5.91 Å². The molecule has 2 fully saturated rings. The highest BCUT2D eigenvalue weighted by Gasteiger charge is 2.48. The molecule has 1 saturated carbocycles. The van der Waals surface area contributed by atoms with Crippen molar-refractivity contribution in [2.24, 2.45) is 5.92 Å². The fourth-order valence-electron chi connectivity index (χ4n) is 3.90. The second kappa shape index (κ2) is 6.66. The summed E-state index contributed by atoms with van der Waals surface area (Å²) in [7, 11) is 0. The molecule has 6 heteroatoms. The topological polar surface area (TPSA) is 20.3 Å². The van der Waals surface area contributed by atoms with Crippen LogP contribution in [0.5, 0.6) is 0 Å². The zero-order valence-corrected chi connectivity index (χ0v) is 14.6. The number of nitrogens with zero attached hydrogens (tertiary/aromatic N) is 1. The molecule has 1 saturated heterocycles. The van der Waals surface area contributed by atoms with E-state index in [1.54, 1.807) is 24.3 Å². The molecule has 0 N–H and O–H groups in total. The van der Waals surface area contributed by atoms with Crippen LogP contribution < -0.4 is 0 Å².